The molecule has 0 aliphatic heterocycles. The maximum Gasteiger partial charge on any atom is 0.412 e. The number of fused-ring (bicyclic) bond motifs is 1. The molecule has 0 spiro atoms. The van der Waals surface area contributed by atoms with Crippen LogP contribution in [0.25, 0.3) is 21.9 Å². The van der Waals surface area contributed by atoms with E-state index in [2.05, 4.69) is 27.5 Å². The topological polar surface area (TPSA) is 102 Å². The Morgan fingerprint density at radius 3 is 2.51 bits per heavy atom. The van der Waals surface area contributed by atoms with Crippen LogP contribution in [0.5, 0.6) is 0 Å². The average Bonchev–Trinajstić information content (AvgIpc) is 3.57. The molecule has 8 heteroatoms. The van der Waals surface area contributed by atoms with E-state index >= 15 is 0 Å². The van der Waals surface area contributed by atoms with Gasteiger partial charge in [0.15, 0.2) is 0 Å². The summed E-state index contributed by atoms with van der Waals surface area (Å²) in [5, 5.41) is 7.42. The number of hydrogen-bond donors (Lipinski definition) is 2. The van der Waals surface area contributed by atoms with Gasteiger partial charge in [0.25, 0.3) is 0 Å². The van der Waals surface area contributed by atoms with Gasteiger partial charge in [0.1, 0.15) is 11.4 Å². The second-order valence-electron chi connectivity index (χ2n) is 11.7. The van der Waals surface area contributed by atoms with E-state index in [0.717, 1.165) is 33.0 Å². The van der Waals surface area contributed by atoms with E-state index < -0.39 is 11.7 Å². The monoisotopic (exact) mass is 552 g/mol. The third kappa shape index (κ3) is 6.89. The van der Waals surface area contributed by atoms with Gasteiger partial charge in [-0.2, -0.15) is 0 Å². The molecular weight excluding hydrogens is 516 g/mol. The number of carbonyl (C=O) groups is 2. The Balaban J connectivity index is 1.34. The molecule has 1 fully saturated rings. The average molecular weight is 553 g/mol. The molecule has 2 heterocycles. The standard InChI is InChI=1S/C33H36N4O4/c1-20-11-12-34-16-25(20)23-13-24-15-29(35-17-26(24)28(14-23)36-32(39)41-33(3,4)5)37-31(38)30-21(2)27(30)19-40-18-22-9-7-6-8-10-22/h6-17,21,27,30H,18-19H2,1-5H3,(H,36,39)(H,35,37,38)/t21?,27-,30-/m0/s1. The van der Waals surface area contributed by atoms with Crippen molar-refractivity contribution >= 4 is 34.3 Å². The lowest BCUT2D eigenvalue weighted by Crippen LogP contribution is -2.27. The van der Waals surface area contributed by atoms with E-state index in [1.54, 1.807) is 18.6 Å². The Morgan fingerprint density at radius 2 is 1.78 bits per heavy atom. The van der Waals surface area contributed by atoms with Crippen LogP contribution < -0.4 is 10.6 Å². The van der Waals surface area contributed by atoms with Gasteiger partial charge >= 0.3 is 6.09 Å². The van der Waals surface area contributed by atoms with Crippen molar-refractivity contribution < 1.29 is 19.1 Å². The lowest BCUT2D eigenvalue weighted by Gasteiger charge is -2.20. The second kappa shape index (κ2) is 11.7. The quantitative estimate of drug-likeness (QED) is 0.244. The number of carbonyl (C=O) groups excluding carboxylic acids is 2. The molecule has 4 aromatic rings. The van der Waals surface area contributed by atoms with Crippen LogP contribution in [-0.4, -0.2) is 34.2 Å². The zero-order valence-corrected chi connectivity index (χ0v) is 24.1. The predicted octanol–water partition coefficient (Wildman–Crippen LogP) is 6.99. The van der Waals surface area contributed by atoms with Crippen molar-refractivity contribution in [2.75, 3.05) is 17.2 Å². The number of aryl methyl sites for hydroxylation is 1. The summed E-state index contributed by atoms with van der Waals surface area (Å²) in [5.41, 5.74) is 3.90. The second-order valence-corrected chi connectivity index (χ2v) is 11.7. The van der Waals surface area contributed by atoms with Crippen LogP contribution in [0.3, 0.4) is 0 Å². The molecule has 212 valence electrons. The van der Waals surface area contributed by atoms with Crippen LogP contribution in [0.1, 0.15) is 38.8 Å². The molecule has 0 bridgehead atoms. The number of amides is 2. The molecule has 1 aliphatic rings. The van der Waals surface area contributed by atoms with E-state index in [4.69, 9.17) is 9.47 Å². The SMILES string of the molecule is Cc1ccncc1-c1cc(NC(=O)OC(C)(C)C)c2cnc(NC(=O)[C@H]3C(C)[C@@H]3COCc3ccccc3)cc2c1. The van der Waals surface area contributed by atoms with E-state index in [1.165, 1.54) is 0 Å². The Bertz CT molecular complexity index is 1570. The summed E-state index contributed by atoms with van der Waals surface area (Å²) >= 11 is 0. The van der Waals surface area contributed by atoms with Gasteiger partial charge in [-0.3, -0.25) is 15.1 Å². The number of nitrogens with one attached hydrogen (secondary N) is 2. The fraction of sp³-hybridized carbons (Fsp3) is 0.333. The van der Waals surface area contributed by atoms with Crippen molar-refractivity contribution in [1.82, 2.24) is 9.97 Å². The molecule has 0 radical (unpaired) electrons. The molecule has 5 rings (SSSR count). The minimum atomic E-state index is -0.641. The number of benzene rings is 2. The van der Waals surface area contributed by atoms with Crippen molar-refractivity contribution in [3.63, 3.8) is 0 Å². The fourth-order valence-electron chi connectivity index (χ4n) is 5.10. The molecule has 1 aliphatic carbocycles. The van der Waals surface area contributed by atoms with Crippen molar-refractivity contribution in [1.29, 1.82) is 0 Å². The highest BCUT2D eigenvalue weighted by atomic mass is 16.6. The van der Waals surface area contributed by atoms with Gasteiger partial charge in [0.05, 0.1) is 18.9 Å². The molecule has 1 unspecified atom stereocenters. The molecular formula is C33H36N4O4. The van der Waals surface area contributed by atoms with Crippen molar-refractivity contribution in [2.45, 2.75) is 46.8 Å². The van der Waals surface area contributed by atoms with Crippen LogP contribution >= 0.6 is 0 Å². The maximum absolute atomic E-state index is 13.2. The van der Waals surface area contributed by atoms with Gasteiger partial charge in [-0.25, -0.2) is 9.78 Å². The summed E-state index contributed by atoms with van der Waals surface area (Å²) in [6.07, 6.45) is 4.65. The molecule has 2 aromatic heterocycles. The van der Waals surface area contributed by atoms with Crippen molar-refractivity contribution in [2.24, 2.45) is 17.8 Å². The number of aromatic nitrogens is 2. The fourth-order valence-corrected chi connectivity index (χ4v) is 5.10. The first-order chi connectivity index (χ1) is 19.6. The lowest BCUT2D eigenvalue weighted by atomic mass is 9.99. The van der Waals surface area contributed by atoms with Crippen LogP contribution in [0, 0.1) is 24.7 Å². The van der Waals surface area contributed by atoms with Crippen LogP contribution in [-0.2, 0) is 20.9 Å². The molecule has 2 amide bonds. The summed E-state index contributed by atoms with van der Waals surface area (Å²) in [5.74, 6) is 0.662. The number of pyridine rings is 2. The number of nitrogens with zero attached hydrogens (tertiary/aromatic N) is 2. The number of anilines is 2. The van der Waals surface area contributed by atoms with E-state index in [1.807, 2.05) is 82.3 Å². The minimum Gasteiger partial charge on any atom is -0.444 e. The Morgan fingerprint density at radius 1 is 1.00 bits per heavy atom. The first-order valence-corrected chi connectivity index (χ1v) is 13.9. The largest absolute Gasteiger partial charge is 0.444 e. The van der Waals surface area contributed by atoms with Gasteiger partial charge in [0, 0.05) is 35.5 Å². The number of ether oxygens (including phenoxy) is 2. The summed E-state index contributed by atoms with van der Waals surface area (Å²) in [4.78, 5) is 34.6. The zero-order valence-electron chi connectivity index (χ0n) is 24.1. The van der Waals surface area contributed by atoms with E-state index in [0.29, 0.717) is 24.7 Å². The Labute approximate surface area is 240 Å². The Kier molecular flexibility index (Phi) is 8.03. The summed E-state index contributed by atoms with van der Waals surface area (Å²) in [6.45, 7) is 10.6. The first-order valence-electron chi connectivity index (χ1n) is 13.9. The summed E-state index contributed by atoms with van der Waals surface area (Å²) in [6, 6.07) is 17.7. The molecule has 0 saturated heterocycles. The van der Waals surface area contributed by atoms with Crippen molar-refractivity contribution in [3.05, 3.63) is 84.3 Å². The third-order valence-electron chi connectivity index (χ3n) is 7.36. The van der Waals surface area contributed by atoms with Crippen molar-refractivity contribution in [3.8, 4) is 11.1 Å². The lowest BCUT2D eigenvalue weighted by molar-refractivity contribution is -0.118. The van der Waals surface area contributed by atoms with Crippen LogP contribution in [0.4, 0.5) is 16.3 Å². The zero-order chi connectivity index (χ0) is 29.1. The highest BCUT2D eigenvalue weighted by Crippen LogP contribution is 2.47. The Hall–Kier alpha value is -4.30. The first kappa shape index (κ1) is 28.2. The third-order valence-corrected chi connectivity index (χ3v) is 7.36. The van der Waals surface area contributed by atoms with E-state index in [-0.39, 0.29) is 23.7 Å². The predicted molar refractivity (Wildman–Crippen MR) is 160 cm³/mol. The molecule has 2 aromatic carbocycles. The maximum atomic E-state index is 13.2. The van der Waals surface area contributed by atoms with Gasteiger partial charge < -0.3 is 14.8 Å². The van der Waals surface area contributed by atoms with Gasteiger partial charge in [0.2, 0.25) is 5.91 Å². The normalized spacial score (nSPS) is 18.1. The van der Waals surface area contributed by atoms with Gasteiger partial charge in [-0.05, 0) is 85.9 Å². The van der Waals surface area contributed by atoms with Gasteiger partial charge in [-0.1, -0.05) is 37.3 Å². The highest BCUT2D eigenvalue weighted by Gasteiger charge is 2.51. The molecule has 1 saturated carbocycles. The number of rotatable bonds is 8. The molecule has 3 atom stereocenters. The van der Waals surface area contributed by atoms with Crippen LogP contribution in [0.15, 0.2) is 73.2 Å². The molecule has 41 heavy (non-hydrogen) atoms. The van der Waals surface area contributed by atoms with E-state index in [9.17, 15) is 9.59 Å². The summed E-state index contributed by atoms with van der Waals surface area (Å²) in [7, 11) is 0. The summed E-state index contributed by atoms with van der Waals surface area (Å²) < 4.78 is 11.4. The smallest absolute Gasteiger partial charge is 0.412 e. The van der Waals surface area contributed by atoms with Gasteiger partial charge in [-0.15, -0.1) is 0 Å². The molecule has 8 nitrogen and oxygen atoms in total. The highest BCUT2D eigenvalue weighted by molar-refractivity contribution is 6.04. The van der Waals surface area contributed by atoms with Crippen LogP contribution in [0.2, 0.25) is 0 Å². The number of hydrogen-bond acceptors (Lipinski definition) is 6. The minimum absolute atomic E-state index is 0.0657. The molecule has 2 N–H and O–H groups in total.